The fourth-order valence-corrected chi connectivity index (χ4v) is 1.64. The van der Waals surface area contributed by atoms with Crippen molar-refractivity contribution in [2.24, 2.45) is 5.16 Å². The van der Waals surface area contributed by atoms with Gasteiger partial charge in [0, 0.05) is 10.6 Å². The molecule has 0 heterocycles. The molecule has 0 bridgehead atoms. The van der Waals surface area contributed by atoms with Crippen LogP contribution in [0.3, 0.4) is 0 Å². The molecule has 0 radical (unpaired) electrons. The average Bonchev–Trinajstić information content (AvgIpc) is 2.46. The smallest absolute Gasteiger partial charge is 0.311 e. The molecule has 0 fully saturated rings. The van der Waals surface area contributed by atoms with Crippen LogP contribution in [-0.2, 0) is 4.84 Å². The second-order valence-electron chi connectivity index (χ2n) is 3.63. The first-order valence-electron chi connectivity index (χ1n) is 5.42. The summed E-state index contributed by atoms with van der Waals surface area (Å²) >= 11 is 11.6. The molecule has 0 atom stereocenters. The Hall–Kier alpha value is -1.84. The monoisotopic (exact) mass is 293 g/mol. The van der Waals surface area contributed by atoms with Gasteiger partial charge in [0.15, 0.2) is 5.17 Å². The van der Waals surface area contributed by atoms with Gasteiger partial charge in [0.2, 0.25) is 0 Å². The summed E-state index contributed by atoms with van der Waals surface area (Å²) in [4.78, 5) is 16.4. The highest BCUT2D eigenvalue weighted by atomic mass is 35.5. The van der Waals surface area contributed by atoms with Crippen molar-refractivity contribution in [1.82, 2.24) is 0 Å². The lowest BCUT2D eigenvalue weighted by Gasteiger charge is -2.00. The third-order valence-electron chi connectivity index (χ3n) is 2.30. The molecule has 0 unspecified atom stereocenters. The van der Waals surface area contributed by atoms with E-state index >= 15 is 0 Å². The number of hydrogen-bond acceptors (Lipinski definition) is 3. The van der Waals surface area contributed by atoms with E-state index in [1.807, 2.05) is 18.2 Å². The van der Waals surface area contributed by atoms with Crippen LogP contribution in [0.1, 0.15) is 15.9 Å². The van der Waals surface area contributed by atoms with E-state index in [0.717, 1.165) is 0 Å². The van der Waals surface area contributed by atoms with Gasteiger partial charge in [0.25, 0.3) is 0 Å². The summed E-state index contributed by atoms with van der Waals surface area (Å²) in [5.41, 5.74) is 1.03. The van der Waals surface area contributed by atoms with Crippen molar-refractivity contribution in [2.45, 2.75) is 0 Å². The van der Waals surface area contributed by atoms with Crippen LogP contribution < -0.4 is 0 Å². The van der Waals surface area contributed by atoms with E-state index in [4.69, 9.17) is 28.0 Å². The Morgan fingerprint density at radius 2 is 1.58 bits per heavy atom. The van der Waals surface area contributed by atoms with Crippen LogP contribution in [0.5, 0.6) is 0 Å². The van der Waals surface area contributed by atoms with E-state index in [9.17, 15) is 4.79 Å². The second kappa shape index (κ2) is 6.36. The normalized spacial score (nSPS) is 11.2. The van der Waals surface area contributed by atoms with Crippen LogP contribution in [-0.4, -0.2) is 11.1 Å². The average molecular weight is 294 g/mol. The van der Waals surface area contributed by atoms with E-state index in [2.05, 4.69) is 5.16 Å². The molecule has 0 amide bonds. The van der Waals surface area contributed by atoms with Gasteiger partial charge in [-0.25, -0.2) is 4.79 Å². The van der Waals surface area contributed by atoms with E-state index in [1.165, 1.54) is 0 Å². The number of hydrogen-bond donors (Lipinski definition) is 0. The van der Waals surface area contributed by atoms with Gasteiger partial charge in [-0.1, -0.05) is 58.7 Å². The number of carbonyl (C=O) groups is 1. The van der Waals surface area contributed by atoms with Crippen LogP contribution in [0, 0.1) is 0 Å². The summed E-state index contributed by atoms with van der Waals surface area (Å²) in [6.45, 7) is 0. The molecular weight excluding hydrogens is 285 g/mol. The van der Waals surface area contributed by atoms with Gasteiger partial charge in [-0.3, -0.25) is 0 Å². The molecule has 2 aromatic rings. The van der Waals surface area contributed by atoms with Gasteiger partial charge >= 0.3 is 5.97 Å². The molecule has 96 valence electrons. The summed E-state index contributed by atoms with van der Waals surface area (Å²) in [5, 5.41) is 4.25. The Morgan fingerprint density at radius 1 is 0.947 bits per heavy atom. The van der Waals surface area contributed by atoms with Crippen LogP contribution >= 0.6 is 23.2 Å². The molecule has 0 saturated carbocycles. The van der Waals surface area contributed by atoms with Crippen molar-refractivity contribution in [3.05, 3.63) is 70.7 Å². The minimum atomic E-state index is -0.592. The maximum absolute atomic E-state index is 11.7. The minimum Gasteiger partial charge on any atom is -0.311 e. The molecule has 0 saturated heterocycles. The Bertz CT molecular complexity index is 595. The Kier molecular flexibility index (Phi) is 4.55. The van der Waals surface area contributed by atoms with Gasteiger partial charge in [-0.2, -0.15) is 0 Å². The largest absolute Gasteiger partial charge is 0.365 e. The second-order valence-corrected chi connectivity index (χ2v) is 4.43. The van der Waals surface area contributed by atoms with E-state index < -0.39 is 5.97 Å². The summed E-state index contributed by atoms with van der Waals surface area (Å²) in [5.74, 6) is -0.592. The minimum absolute atomic E-state index is 0.114. The molecule has 0 spiro atoms. The molecule has 0 aromatic heterocycles. The molecule has 2 rings (SSSR count). The third kappa shape index (κ3) is 3.81. The third-order valence-corrected chi connectivity index (χ3v) is 2.84. The van der Waals surface area contributed by atoms with Crippen LogP contribution in [0.15, 0.2) is 59.8 Å². The number of nitrogens with zero attached hydrogens (tertiary/aromatic N) is 1. The SMILES string of the molecule is O=C(ON=C(Cl)c1ccccc1)c1ccc(Cl)cc1. The standard InChI is InChI=1S/C14H9Cl2NO2/c15-12-8-6-11(7-9-12)14(18)19-17-13(16)10-4-2-1-3-5-10/h1-9H. The predicted molar refractivity (Wildman–Crippen MR) is 75.7 cm³/mol. The number of halogens is 2. The van der Waals surface area contributed by atoms with Crippen molar-refractivity contribution >= 4 is 34.3 Å². The summed E-state index contributed by atoms with van der Waals surface area (Å²) in [7, 11) is 0. The predicted octanol–water partition coefficient (Wildman–Crippen LogP) is 4.10. The highest BCUT2D eigenvalue weighted by Crippen LogP contribution is 2.11. The van der Waals surface area contributed by atoms with Crippen molar-refractivity contribution in [3.8, 4) is 0 Å². The van der Waals surface area contributed by atoms with Gasteiger partial charge < -0.3 is 4.84 Å². The quantitative estimate of drug-likeness (QED) is 0.485. The molecule has 3 nitrogen and oxygen atoms in total. The van der Waals surface area contributed by atoms with Crippen LogP contribution in [0.2, 0.25) is 5.02 Å². The van der Waals surface area contributed by atoms with Crippen LogP contribution in [0.25, 0.3) is 0 Å². The molecular formula is C14H9Cl2NO2. The van der Waals surface area contributed by atoms with Gasteiger partial charge in [-0.05, 0) is 24.3 Å². The Labute approximate surface area is 120 Å². The van der Waals surface area contributed by atoms with Crippen molar-refractivity contribution < 1.29 is 9.63 Å². The number of carbonyl (C=O) groups excluding carboxylic acids is 1. The summed E-state index contributed by atoms with van der Waals surface area (Å²) in [6.07, 6.45) is 0. The number of benzene rings is 2. The lowest BCUT2D eigenvalue weighted by Crippen LogP contribution is -2.02. The zero-order valence-electron chi connectivity index (χ0n) is 9.72. The number of oxime groups is 1. The Balaban J connectivity index is 2.06. The van der Waals surface area contributed by atoms with Crippen molar-refractivity contribution in [2.75, 3.05) is 0 Å². The van der Waals surface area contributed by atoms with Gasteiger partial charge in [0.1, 0.15) is 0 Å². The van der Waals surface area contributed by atoms with Gasteiger partial charge in [0.05, 0.1) is 5.56 Å². The molecule has 2 aromatic carbocycles. The zero-order chi connectivity index (χ0) is 13.7. The molecule has 5 heteroatoms. The fourth-order valence-electron chi connectivity index (χ4n) is 1.35. The van der Waals surface area contributed by atoms with E-state index in [1.54, 1.807) is 36.4 Å². The molecule has 19 heavy (non-hydrogen) atoms. The summed E-state index contributed by atoms with van der Waals surface area (Å²) in [6, 6.07) is 15.3. The molecule has 0 N–H and O–H groups in total. The first-order valence-corrected chi connectivity index (χ1v) is 6.18. The first-order chi connectivity index (χ1) is 9.16. The van der Waals surface area contributed by atoms with E-state index in [-0.39, 0.29) is 5.17 Å². The molecule has 0 aliphatic heterocycles. The summed E-state index contributed by atoms with van der Waals surface area (Å²) < 4.78 is 0. The fraction of sp³-hybridized carbons (Fsp3) is 0. The van der Waals surface area contributed by atoms with Crippen molar-refractivity contribution in [3.63, 3.8) is 0 Å². The molecule has 0 aliphatic rings. The highest BCUT2D eigenvalue weighted by Gasteiger charge is 2.07. The molecule has 0 aliphatic carbocycles. The zero-order valence-corrected chi connectivity index (χ0v) is 11.2. The highest BCUT2D eigenvalue weighted by molar-refractivity contribution is 6.69. The van der Waals surface area contributed by atoms with E-state index in [0.29, 0.717) is 16.1 Å². The first kappa shape index (κ1) is 13.6. The Morgan fingerprint density at radius 3 is 2.21 bits per heavy atom. The maximum Gasteiger partial charge on any atom is 0.365 e. The number of rotatable bonds is 3. The lowest BCUT2D eigenvalue weighted by atomic mass is 10.2. The van der Waals surface area contributed by atoms with Crippen molar-refractivity contribution in [1.29, 1.82) is 0 Å². The van der Waals surface area contributed by atoms with Gasteiger partial charge in [-0.15, -0.1) is 0 Å². The van der Waals surface area contributed by atoms with Crippen LogP contribution in [0.4, 0.5) is 0 Å². The maximum atomic E-state index is 11.7. The lowest BCUT2D eigenvalue weighted by molar-refractivity contribution is 0.0518. The topological polar surface area (TPSA) is 38.7 Å².